The van der Waals surface area contributed by atoms with Gasteiger partial charge in [0.25, 0.3) is 5.91 Å². The van der Waals surface area contributed by atoms with Crippen LogP contribution in [-0.2, 0) is 17.8 Å². The number of amides is 1. The van der Waals surface area contributed by atoms with Crippen molar-refractivity contribution in [2.45, 2.75) is 19.1 Å². The van der Waals surface area contributed by atoms with Crippen LogP contribution in [0.25, 0.3) is 11.1 Å². The van der Waals surface area contributed by atoms with E-state index in [1.54, 1.807) is 12.1 Å². The van der Waals surface area contributed by atoms with Crippen LogP contribution in [0.5, 0.6) is 5.75 Å². The van der Waals surface area contributed by atoms with Crippen LogP contribution in [0.1, 0.15) is 21.5 Å². The predicted octanol–water partition coefficient (Wildman–Crippen LogP) is 6.01. The van der Waals surface area contributed by atoms with Crippen molar-refractivity contribution < 1.29 is 19.4 Å². The molecule has 0 bridgehead atoms. The van der Waals surface area contributed by atoms with E-state index in [4.69, 9.17) is 16.3 Å². The van der Waals surface area contributed by atoms with Gasteiger partial charge in [-0.15, -0.1) is 0 Å². The minimum Gasteiger partial charge on any atom is -0.489 e. The molecule has 6 heteroatoms. The van der Waals surface area contributed by atoms with Gasteiger partial charge in [0.15, 0.2) is 0 Å². The Kier molecular flexibility index (Phi) is 7.81. The van der Waals surface area contributed by atoms with Gasteiger partial charge in [0.05, 0.1) is 0 Å². The number of carbonyl (C=O) groups is 2. The summed E-state index contributed by atoms with van der Waals surface area (Å²) in [5.74, 6) is -0.760. The Morgan fingerprint density at radius 2 is 1.43 bits per heavy atom. The van der Waals surface area contributed by atoms with Crippen LogP contribution in [0, 0.1) is 0 Å². The van der Waals surface area contributed by atoms with E-state index in [9.17, 15) is 14.7 Å². The summed E-state index contributed by atoms with van der Waals surface area (Å²) < 4.78 is 5.83. The normalized spacial score (nSPS) is 11.5. The van der Waals surface area contributed by atoms with Gasteiger partial charge in [-0.1, -0.05) is 78.3 Å². The Morgan fingerprint density at radius 3 is 2.06 bits per heavy atom. The number of ether oxygens (including phenoxy) is 1. The predicted molar refractivity (Wildman–Crippen MR) is 137 cm³/mol. The van der Waals surface area contributed by atoms with E-state index in [1.807, 2.05) is 91.0 Å². The first-order chi connectivity index (χ1) is 17.0. The smallest absolute Gasteiger partial charge is 0.326 e. The van der Waals surface area contributed by atoms with Crippen molar-refractivity contribution in [3.8, 4) is 16.9 Å². The van der Waals surface area contributed by atoms with Gasteiger partial charge in [0.2, 0.25) is 0 Å². The highest BCUT2D eigenvalue weighted by molar-refractivity contribution is 6.30. The number of benzene rings is 4. The molecule has 0 fully saturated rings. The summed E-state index contributed by atoms with van der Waals surface area (Å²) in [6, 6.07) is 30.5. The molecule has 0 heterocycles. The lowest BCUT2D eigenvalue weighted by Crippen LogP contribution is -2.42. The lowest BCUT2D eigenvalue weighted by atomic mass is 10.0. The Labute approximate surface area is 209 Å². The Bertz CT molecular complexity index is 1290. The largest absolute Gasteiger partial charge is 0.489 e. The summed E-state index contributed by atoms with van der Waals surface area (Å²) in [7, 11) is 0. The van der Waals surface area contributed by atoms with Crippen molar-refractivity contribution in [2.75, 3.05) is 0 Å². The van der Waals surface area contributed by atoms with E-state index < -0.39 is 17.9 Å². The zero-order valence-corrected chi connectivity index (χ0v) is 19.6. The molecular weight excluding hydrogens is 462 g/mol. The number of rotatable bonds is 9. The quantitative estimate of drug-likeness (QED) is 0.304. The van der Waals surface area contributed by atoms with Crippen LogP contribution in [0.3, 0.4) is 0 Å². The van der Waals surface area contributed by atoms with Crippen molar-refractivity contribution in [1.82, 2.24) is 5.32 Å². The molecule has 176 valence electrons. The van der Waals surface area contributed by atoms with Gasteiger partial charge in [0, 0.05) is 17.0 Å². The second kappa shape index (κ2) is 11.4. The van der Waals surface area contributed by atoms with E-state index in [0.29, 0.717) is 17.2 Å². The van der Waals surface area contributed by atoms with Gasteiger partial charge >= 0.3 is 5.97 Å². The molecule has 1 unspecified atom stereocenters. The lowest BCUT2D eigenvalue weighted by Gasteiger charge is -2.15. The number of hydrogen-bond acceptors (Lipinski definition) is 3. The third-order valence-corrected chi connectivity index (χ3v) is 5.75. The molecule has 0 saturated carbocycles. The number of carbonyl (C=O) groups excluding carboxylic acids is 1. The zero-order chi connectivity index (χ0) is 24.6. The SMILES string of the molecule is O=C(NC(Cc1ccccc1)C(=O)O)c1ccc(-c2ccc(OCc3cccc(Cl)c3)cc2)cc1. The molecule has 1 atom stereocenters. The topological polar surface area (TPSA) is 75.6 Å². The summed E-state index contributed by atoms with van der Waals surface area (Å²) in [6.07, 6.45) is 0.214. The highest BCUT2D eigenvalue weighted by atomic mass is 35.5. The number of aliphatic carboxylic acids is 1. The van der Waals surface area contributed by atoms with Crippen LogP contribution in [0.2, 0.25) is 5.02 Å². The summed E-state index contributed by atoms with van der Waals surface area (Å²) in [5, 5.41) is 12.8. The molecule has 5 nitrogen and oxygen atoms in total. The number of carboxylic acid groups (broad SMARTS) is 1. The number of carboxylic acids is 1. The van der Waals surface area contributed by atoms with Crippen LogP contribution in [-0.4, -0.2) is 23.0 Å². The van der Waals surface area contributed by atoms with E-state index in [1.165, 1.54) is 0 Å². The second-order valence-electron chi connectivity index (χ2n) is 8.07. The highest BCUT2D eigenvalue weighted by Crippen LogP contribution is 2.24. The minimum absolute atomic E-state index is 0.214. The van der Waals surface area contributed by atoms with Gasteiger partial charge < -0.3 is 15.2 Å². The first kappa shape index (κ1) is 24.0. The maximum Gasteiger partial charge on any atom is 0.326 e. The number of nitrogens with one attached hydrogen (secondary N) is 1. The summed E-state index contributed by atoms with van der Waals surface area (Å²) in [6.45, 7) is 0.422. The maximum absolute atomic E-state index is 12.7. The molecule has 0 aliphatic carbocycles. The minimum atomic E-state index is -1.07. The Hall–Kier alpha value is -4.09. The van der Waals surface area contributed by atoms with Crippen LogP contribution in [0.15, 0.2) is 103 Å². The molecule has 4 aromatic carbocycles. The third kappa shape index (κ3) is 6.71. The second-order valence-corrected chi connectivity index (χ2v) is 8.51. The molecule has 4 aromatic rings. The average molecular weight is 486 g/mol. The number of halogens is 1. The molecule has 0 radical (unpaired) electrons. The molecule has 0 aliphatic rings. The number of hydrogen-bond donors (Lipinski definition) is 2. The first-order valence-corrected chi connectivity index (χ1v) is 11.5. The first-order valence-electron chi connectivity index (χ1n) is 11.1. The zero-order valence-electron chi connectivity index (χ0n) is 18.9. The Morgan fingerprint density at radius 1 is 0.800 bits per heavy atom. The van der Waals surface area contributed by atoms with Crippen molar-refractivity contribution in [3.63, 3.8) is 0 Å². The summed E-state index contributed by atoms with van der Waals surface area (Å²) in [5.41, 5.74) is 4.14. The molecule has 1 amide bonds. The van der Waals surface area contributed by atoms with Gasteiger partial charge in [-0.25, -0.2) is 4.79 Å². The molecule has 2 N–H and O–H groups in total. The van der Waals surface area contributed by atoms with Gasteiger partial charge in [-0.3, -0.25) is 4.79 Å². The monoisotopic (exact) mass is 485 g/mol. The van der Waals surface area contributed by atoms with Crippen LogP contribution in [0.4, 0.5) is 0 Å². The van der Waals surface area contributed by atoms with Crippen molar-refractivity contribution in [2.24, 2.45) is 0 Å². The molecule has 0 aliphatic heterocycles. The Balaban J connectivity index is 1.36. The summed E-state index contributed by atoms with van der Waals surface area (Å²) >= 11 is 6.01. The molecule has 0 spiro atoms. The van der Waals surface area contributed by atoms with Crippen molar-refractivity contribution in [3.05, 3.63) is 125 Å². The van der Waals surface area contributed by atoms with E-state index in [2.05, 4.69) is 5.32 Å². The van der Waals surface area contributed by atoms with Gasteiger partial charge in [0.1, 0.15) is 18.4 Å². The summed E-state index contributed by atoms with van der Waals surface area (Å²) in [4.78, 5) is 24.3. The van der Waals surface area contributed by atoms with Gasteiger partial charge in [-0.05, 0) is 58.7 Å². The fraction of sp³-hybridized carbons (Fsp3) is 0.103. The standard InChI is InChI=1S/C29H24ClNO4/c30-25-8-4-7-21(17-25)19-35-26-15-13-23(14-16-26)22-9-11-24(12-10-22)28(32)31-27(29(33)34)18-20-5-2-1-3-6-20/h1-17,27H,18-19H2,(H,31,32)(H,33,34). The molecule has 0 saturated heterocycles. The molecule has 35 heavy (non-hydrogen) atoms. The van der Waals surface area contributed by atoms with Crippen molar-refractivity contribution >= 4 is 23.5 Å². The lowest BCUT2D eigenvalue weighted by molar-refractivity contribution is -0.139. The van der Waals surface area contributed by atoms with Crippen molar-refractivity contribution in [1.29, 1.82) is 0 Å². The maximum atomic E-state index is 12.7. The van der Waals surface area contributed by atoms with E-state index in [0.717, 1.165) is 28.0 Å². The van der Waals surface area contributed by atoms with E-state index >= 15 is 0 Å². The van der Waals surface area contributed by atoms with Crippen LogP contribution >= 0.6 is 11.6 Å². The fourth-order valence-corrected chi connectivity index (χ4v) is 3.86. The fourth-order valence-electron chi connectivity index (χ4n) is 3.64. The highest BCUT2D eigenvalue weighted by Gasteiger charge is 2.21. The molecule has 4 rings (SSSR count). The van der Waals surface area contributed by atoms with Crippen LogP contribution < -0.4 is 10.1 Å². The van der Waals surface area contributed by atoms with Gasteiger partial charge in [-0.2, -0.15) is 0 Å². The third-order valence-electron chi connectivity index (χ3n) is 5.52. The average Bonchev–Trinajstić information content (AvgIpc) is 2.88. The molecular formula is C29H24ClNO4. The molecule has 0 aromatic heterocycles. The van der Waals surface area contributed by atoms with E-state index in [-0.39, 0.29) is 6.42 Å².